The molecule has 0 saturated heterocycles. The predicted octanol–water partition coefficient (Wildman–Crippen LogP) is 2.83. The molecule has 1 heterocycles. The van der Waals surface area contributed by atoms with Crippen LogP contribution >= 0.6 is 11.3 Å². The molecule has 0 unspecified atom stereocenters. The van der Waals surface area contributed by atoms with Crippen LogP contribution in [-0.4, -0.2) is 23.0 Å². The van der Waals surface area contributed by atoms with Crippen molar-refractivity contribution in [2.24, 2.45) is 11.3 Å². The second kappa shape index (κ2) is 5.55. The number of aromatic nitrogens is 1. The molecule has 0 bridgehead atoms. The lowest BCUT2D eigenvalue weighted by atomic mass is 9.75. The topological polar surface area (TPSA) is 54.2 Å². The first-order chi connectivity index (χ1) is 8.50. The third-order valence-electron chi connectivity index (χ3n) is 4.01. The Morgan fingerprint density at radius 3 is 2.72 bits per heavy atom. The SMILES string of the molecule is CN(Cc1cnc(NN)s1)C1CCC(C)(C)CC1. The first kappa shape index (κ1) is 13.8. The molecule has 1 fully saturated rings. The van der Waals surface area contributed by atoms with E-state index in [4.69, 9.17) is 5.84 Å². The van der Waals surface area contributed by atoms with Crippen LogP contribution < -0.4 is 11.3 Å². The van der Waals surface area contributed by atoms with Gasteiger partial charge in [0, 0.05) is 23.7 Å². The first-order valence-corrected chi connectivity index (χ1v) is 7.43. The maximum Gasteiger partial charge on any atom is 0.197 e. The van der Waals surface area contributed by atoms with Gasteiger partial charge in [0.2, 0.25) is 0 Å². The monoisotopic (exact) mass is 268 g/mol. The molecule has 1 aromatic heterocycles. The van der Waals surface area contributed by atoms with Crippen LogP contribution in [0.2, 0.25) is 0 Å². The van der Waals surface area contributed by atoms with Gasteiger partial charge in [-0.3, -0.25) is 10.3 Å². The van der Waals surface area contributed by atoms with E-state index in [2.05, 4.69) is 36.2 Å². The number of thiazole rings is 1. The average Bonchev–Trinajstić information content (AvgIpc) is 2.76. The number of anilines is 1. The van der Waals surface area contributed by atoms with Gasteiger partial charge in [-0.15, -0.1) is 0 Å². The van der Waals surface area contributed by atoms with Crippen LogP contribution in [0.3, 0.4) is 0 Å². The maximum absolute atomic E-state index is 5.35. The summed E-state index contributed by atoms with van der Waals surface area (Å²) in [5.74, 6) is 5.35. The second-order valence-electron chi connectivity index (χ2n) is 6.09. The highest BCUT2D eigenvalue weighted by atomic mass is 32.1. The quantitative estimate of drug-likeness (QED) is 0.651. The lowest BCUT2D eigenvalue weighted by Gasteiger charge is -2.38. The van der Waals surface area contributed by atoms with Crippen LogP contribution in [0.15, 0.2) is 6.20 Å². The number of nitrogens with two attached hydrogens (primary N) is 1. The minimum Gasteiger partial charge on any atom is -0.300 e. The molecule has 1 aliphatic carbocycles. The fourth-order valence-corrected chi connectivity index (χ4v) is 3.43. The molecule has 1 saturated carbocycles. The largest absolute Gasteiger partial charge is 0.300 e. The number of nitrogens with one attached hydrogen (secondary N) is 1. The average molecular weight is 268 g/mol. The van der Waals surface area contributed by atoms with Crippen molar-refractivity contribution in [1.29, 1.82) is 0 Å². The van der Waals surface area contributed by atoms with Crippen LogP contribution in [0.25, 0.3) is 0 Å². The van der Waals surface area contributed by atoms with Crippen molar-refractivity contribution < 1.29 is 0 Å². The molecule has 0 aromatic carbocycles. The number of nitrogens with zero attached hydrogens (tertiary/aromatic N) is 2. The van der Waals surface area contributed by atoms with E-state index in [1.807, 2.05) is 6.20 Å². The molecule has 2 rings (SSSR count). The number of nitrogen functional groups attached to an aromatic ring is 1. The lowest BCUT2D eigenvalue weighted by molar-refractivity contribution is 0.123. The molecule has 1 aromatic rings. The normalized spacial score (nSPS) is 20.3. The molecule has 0 amide bonds. The Morgan fingerprint density at radius 2 is 2.17 bits per heavy atom. The van der Waals surface area contributed by atoms with Crippen LogP contribution in [-0.2, 0) is 6.54 Å². The van der Waals surface area contributed by atoms with E-state index in [-0.39, 0.29) is 0 Å². The summed E-state index contributed by atoms with van der Waals surface area (Å²) in [7, 11) is 2.22. The maximum atomic E-state index is 5.35. The van der Waals surface area contributed by atoms with Gasteiger partial charge in [-0.05, 0) is 38.1 Å². The molecule has 0 aliphatic heterocycles. The summed E-state index contributed by atoms with van der Waals surface area (Å²) in [6.45, 7) is 5.74. The van der Waals surface area contributed by atoms with Gasteiger partial charge in [0.05, 0.1) is 0 Å². The standard InChI is InChI=1S/C13H24N4S/c1-13(2)6-4-10(5-7-13)17(3)9-11-8-15-12(16-14)18-11/h8,10H,4-7,9,14H2,1-3H3,(H,15,16). The molecule has 0 radical (unpaired) electrons. The van der Waals surface area contributed by atoms with E-state index >= 15 is 0 Å². The minimum absolute atomic E-state index is 0.540. The van der Waals surface area contributed by atoms with E-state index < -0.39 is 0 Å². The molecule has 102 valence electrons. The van der Waals surface area contributed by atoms with E-state index in [9.17, 15) is 0 Å². The third-order valence-corrected chi connectivity index (χ3v) is 4.93. The van der Waals surface area contributed by atoms with Gasteiger partial charge in [0.25, 0.3) is 0 Å². The summed E-state index contributed by atoms with van der Waals surface area (Å²) in [4.78, 5) is 7.95. The molecule has 0 atom stereocenters. The fourth-order valence-electron chi connectivity index (χ4n) is 2.65. The van der Waals surface area contributed by atoms with Crippen LogP contribution in [0.4, 0.5) is 5.13 Å². The van der Waals surface area contributed by atoms with Gasteiger partial charge >= 0.3 is 0 Å². The Morgan fingerprint density at radius 1 is 1.50 bits per heavy atom. The molecule has 4 nitrogen and oxygen atoms in total. The lowest BCUT2D eigenvalue weighted by Crippen LogP contribution is -2.36. The van der Waals surface area contributed by atoms with Crippen LogP contribution in [0.5, 0.6) is 0 Å². The minimum atomic E-state index is 0.540. The summed E-state index contributed by atoms with van der Waals surface area (Å²) in [5.41, 5.74) is 3.14. The highest BCUT2D eigenvalue weighted by molar-refractivity contribution is 7.15. The van der Waals surface area contributed by atoms with Gasteiger partial charge < -0.3 is 0 Å². The zero-order valence-electron chi connectivity index (χ0n) is 11.6. The summed E-state index contributed by atoms with van der Waals surface area (Å²) in [6.07, 6.45) is 7.21. The van der Waals surface area contributed by atoms with Crippen LogP contribution in [0, 0.1) is 5.41 Å². The van der Waals surface area contributed by atoms with Gasteiger partial charge in [0.1, 0.15) is 0 Å². The van der Waals surface area contributed by atoms with E-state index in [0.717, 1.165) is 17.7 Å². The van der Waals surface area contributed by atoms with Gasteiger partial charge in [-0.2, -0.15) is 0 Å². The Labute approximate surface area is 114 Å². The van der Waals surface area contributed by atoms with Crippen molar-refractivity contribution in [2.45, 2.75) is 52.1 Å². The number of rotatable bonds is 4. The molecule has 18 heavy (non-hydrogen) atoms. The van der Waals surface area contributed by atoms with E-state index in [0.29, 0.717) is 5.41 Å². The van der Waals surface area contributed by atoms with Gasteiger partial charge in [-0.1, -0.05) is 25.2 Å². The predicted molar refractivity (Wildman–Crippen MR) is 77.4 cm³/mol. The Bertz CT molecular complexity index is 378. The molecule has 3 N–H and O–H groups in total. The van der Waals surface area contributed by atoms with Gasteiger partial charge in [-0.25, -0.2) is 10.8 Å². The van der Waals surface area contributed by atoms with Crippen LogP contribution in [0.1, 0.15) is 44.4 Å². The molecular weight excluding hydrogens is 244 g/mol. The van der Waals surface area contributed by atoms with Crippen molar-refractivity contribution in [1.82, 2.24) is 9.88 Å². The first-order valence-electron chi connectivity index (χ1n) is 6.62. The molecule has 5 heteroatoms. The van der Waals surface area contributed by atoms with Crippen molar-refractivity contribution in [2.75, 3.05) is 12.5 Å². The van der Waals surface area contributed by atoms with Gasteiger partial charge in [0.15, 0.2) is 5.13 Å². The molecule has 0 spiro atoms. The van der Waals surface area contributed by atoms with Crippen molar-refractivity contribution in [3.05, 3.63) is 11.1 Å². The van der Waals surface area contributed by atoms with Crippen molar-refractivity contribution in [3.63, 3.8) is 0 Å². The number of hydrogen-bond donors (Lipinski definition) is 2. The summed E-state index contributed by atoms with van der Waals surface area (Å²) in [5, 5.41) is 0.795. The second-order valence-corrected chi connectivity index (χ2v) is 7.20. The Kier molecular flexibility index (Phi) is 4.25. The molecular formula is C13H24N4S. The zero-order chi connectivity index (χ0) is 13.2. The van der Waals surface area contributed by atoms with E-state index in [1.54, 1.807) is 11.3 Å². The summed E-state index contributed by atoms with van der Waals surface area (Å²) >= 11 is 1.64. The highest BCUT2D eigenvalue weighted by Crippen LogP contribution is 2.37. The highest BCUT2D eigenvalue weighted by Gasteiger charge is 2.28. The molecule has 1 aliphatic rings. The zero-order valence-corrected chi connectivity index (χ0v) is 12.4. The smallest absolute Gasteiger partial charge is 0.197 e. The number of hydrazine groups is 1. The fraction of sp³-hybridized carbons (Fsp3) is 0.769. The Hall–Kier alpha value is -0.650. The Balaban J connectivity index is 1.86. The summed E-state index contributed by atoms with van der Waals surface area (Å²) in [6, 6.07) is 0.717. The van der Waals surface area contributed by atoms with Crippen molar-refractivity contribution >= 4 is 16.5 Å². The van der Waals surface area contributed by atoms with Crippen molar-refractivity contribution in [3.8, 4) is 0 Å². The number of hydrogen-bond acceptors (Lipinski definition) is 5. The van der Waals surface area contributed by atoms with E-state index in [1.165, 1.54) is 30.6 Å². The third kappa shape index (κ3) is 3.43. The summed E-state index contributed by atoms with van der Waals surface area (Å²) < 4.78 is 0.